The Kier molecular flexibility index (Phi) is 5.03. The lowest BCUT2D eigenvalue weighted by molar-refractivity contribution is -0.122. The summed E-state index contributed by atoms with van der Waals surface area (Å²) in [7, 11) is 0. The number of carbonyl (C=O) groups is 2. The molecule has 5 nitrogen and oxygen atoms in total. The first-order valence-corrected chi connectivity index (χ1v) is 8.56. The fourth-order valence-electron chi connectivity index (χ4n) is 3.05. The van der Waals surface area contributed by atoms with Crippen molar-refractivity contribution >= 4 is 17.5 Å². The maximum absolute atomic E-state index is 12.5. The van der Waals surface area contributed by atoms with Gasteiger partial charge in [0, 0.05) is 11.3 Å². The van der Waals surface area contributed by atoms with Gasteiger partial charge >= 0.3 is 0 Å². The van der Waals surface area contributed by atoms with E-state index in [4.69, 9.17) is 10.5 Å². The Morgan fingerprint density at radius 3 is 2.52 bits per heavy atom. The smallest absolute Gasteiger partial charge is 0.265 e. The van der Waals surface area contributed by atoms with Crippen LogP contribution in [0.15, 0.2) is 42.5 Å². The molecule has 0 aromatic heterocycles. The van der Waals surface area contributed by atoms with E-state index in [9.17, 15) is 9.59 Å². The van der Waals surface area contributed by atoms with Gasteiger partial charge in [0.1, 0.15) is 5.75 Å². The maximum Gasteiger partial charge on any atom is 0.265 e. The fourth-order valence-corrected chi connectivity index (χ4v) is 3.05. The van der Waals surface area contributed by atoms with Crippen molar-refractivity contribution in [1.82, 2.24) is 0 Å². The van der Waals surface area contributed by atoms with Gasteiger partial charge < -0.3 is 15.8 Å². The summed E-state index contributed by atoms with van der Waals surface area (Å²) in [6, 6.07) is 12.5. The molecule has 2 aromatic carbocycles. The van der Waals surface area contributed by atoms with Crippen LogP contribution in [0.2, 0.25) is 0 Å². The molecule has 3 rings (SSSR count). The summed E-state index contributed by atoms with van der Waals surface area (Å²) in [5, 5.41) is 2.82. The highest BCUT2D eigenvalue weighted by molar-refractivity contribution is 5.96. The van der Waals surface area contributed by atoms with E-state index in [0.29, 0.717) is 17.7 Å². The van der Waals surface area contributed by atoms with E-state index < -0.39 is 12.0 Å². The summed E-state index contributed by atoms with van der Waals surface area (Å²) in [4.78, 5) is 23.6. The van der Waals surface area contributed by atoms with E-state index in [-0.39, 0.29) is 5.91 Å². The molecule has 0 spiro atoms. The Hall–Kier alpha value is -2.82. The van der Waals surface area contributed by atoms with Gasteiger partial charge in [-0.05, 0) is 73.2 Å². The zero-order valence-corrected chi connectivity index (χ0v) is 14.2. The van der Waals surface area contributed by atoms with Crippen molar-refractivity contribution in [2.75, 3.05) is 5.32 Å². The van der Waals surface area contributed by atoms with Crippen LogP contribution in [0.1, 0.15) is 41.3 Å². The van der Waals surface area contributed by atoms with Crippen LogP contribution in [0.5, 0.6) is 5.75 Å². The molecule has 0 bridgehead atoms. The van der Waals surface area contributed by atoms with Crippen LogP contribution in [-0.2, 0) is 17.6 Å². The Morgan fingerprint density at radius 2 is 1.84 bits per heavy atom. The highest BCUT2D eigenvalue weighted by Gasteiger charge is 2.20. The number of nitrogens with two attached hydrogens (primary N) is 1. The maximum atomic E-state index is 12.5. The monoisotopic (exact) mass is 338 g/mol. The zero-order chi connectivity index (χ0) is 17.8. The third kappa shape index (κ3) is 3.99. The van der Waals surface area contributed by atoms with Gasteiger partial charge in [-0.15, -0.1) is 0 Å². The molecule has 0 aliphatic heterocycles. The number of anilines is 1. The minimum atomic E-state index is -0.574. The van der Waals surface area contributed by atoms with Crippen molar-refractivity contribution in [3.63, 3.8) is 0 Å². The molecule has 3 N–H and O–H groups in total. The van der Waals surface area contributed by atoms with Crippen LogP contribution in [-0.4, -0.2) is 17.9 Å². The van der Waals surface area contributed by atoms with E-state index in [1.807, 2.05) is 19.1 Å². The van der Waals surface area contributed by atoms with Gasteiger partial charge in [0.2, 0.25) is 5.91 Å². The summed E-state index contributed by atoms with van der Waals surface area (Å²) in [5.41, 5.74) is 8.91. The highest BCUT2D eigenvalue weighted by Crippen LogP contribution is 2.27. The molecule has 1 aliphatic rings. The third-order valence-corrected chi connectivity index (χ3v) is 4.45. The quantitative estimate of drug-likeness (QED) is 0.849. The van der Waals surface area contributed by atoms with E-state index in [2.05, 4.69) is 11.4 Å². The lowest BCUT2D eigenvalue weighted by Crippen LogP contribution is -2.32. The number of rotatable bonds is 6. The first kappa shape index (κ1) is 17.0. The van der Waals surface area contributed by atoms with Gasteiger partial charge in [0.25, 0.3) is 5.91 Å². The standard InChI is InChI=1S/C20H22N2O3/c1-2-18(25-17-11-8-13-4-3-5-15(13)12-17)20(24)22-16-9-6-14(7-10-16)19(21)23/h6-12,18H,2-5H2,1H3,(H2,21,23)(H,22,24)/t18-/m1/s1. The predicted octanol–water partition coefficient (Wildman–Crippen LogP) is 3.07. The fraction of sp³-hybridized carbons (Fsp3) is 0.300. The molecule has 0 fully saturated rings. The molecule has 1 aliphatic carbocycles. The average Bonchev–Trinajstić information content (AvgIpc) is 3.07. The summed E-state index contributed by atoms with van der Waals surface area (Å²) < 4.78 is 5.90. The van der Waals surface area contributed by atoms with Crippen LogP contribution in [0.3, 0.4) is 0 Å². The summed E-state index contributed by atoms with van der Waals surface area (Å²) >= 11 is 0. The van der Waals surface area contributed by atoms with Crippen molar-refractivity contribution in [3.05, 3.63) is 59.2 Å². The molecule has 2 amide bonds. The van der Waals surface area contributed by atoms with E-state index >= 15 is 0 Å². The Balaban J connectivity index is 1.65. The number of fused-ring (bicyclic) bond motifs is 1. The topological polar surface area (TPSA) is 81.4 Å². The van der Waals surface area contributed by atoms with E-state index in [1.54, 1.807) is 24.3 Å². The molecule has 0 unspecified atom stereocenters. The number of carbonyl (C=O) groups excluding carboxylic acids is 2. The lowest BCUT2D eigenvalue weighted by atomic mass is 10.1. The summed E-state index contributed by atoms with van der Waals surface area (Å²) in [5.74, 6) is 0.0193. The van der Waals surface area contributed by atoms with Gasteiger partial charge in [-0.25, -0.2) is 0 Å². The molecule has 1 atom stereocenters. The normalized spacial score (nSPS) is 13.8. The van der Waals surface area contributed by atoms with E-state index in [1.165, 1.54) is 17.5 Å². The van der Waals surface area contributed by atoms with Crippen molar-refractivity contribution < 1.29 is 14.3 Å². The second-order valence-corrected chi connectivity index (χ2v) is 6.23. The van der Waals surface area contributed by atoms with Crippen molar-refractivity contribution in [2.45, 2.75) is 38.7 Å². The Morgan fingerprint density at radius 1 is 1.12 bits per heavy atom. The molecular formula is C20H22N2O3. The van der Waals surface area contributed by atoms with Gasteiger partial charge in [0.05, 0.1) is 0 Å². The number of hydrogen-bond donors (Lipinski definition) is 2. The van der Waals surface area contributed by atoms with Crippen LogP contribution in [0, 0.1) is 0 Å². The second kappa shape index (κ2) is 7.38. The van der Waals surface area contributed by atoms with Crippen LogP contribution < -0.4 is 15.8 Å². The zero-order valence-electron chi connectivity index (χ0n) is 14.2. The minimum Gasteiger partial charge on any atom is -0.481 e. The molecule has 0 saturated heterocycles. The molecule has 2 aromatic rings. The third-order valence-electron chi connectivity index (χ3n) is 4.45. The number of aryl methyl sites for hydroxylation is 2. The highest BCUT2D eigenvalue weighted by atomic mass is 16.5. The van der Waals surface area contributed by atoms with Gasteiger partial charge in [0.15, 0.2) is 6.10 Å². The molecule has 0 radical (unpaired) electrons. The number of ether oxygens (including phenoxy) is 1. The average molecular weight is 338 g/mol. The number of amides is 2. The van der Waals surface area contributed by atoms with Crippen molar-refractivity contribution in [1.29, 1.82) is 0 Å². The lowest BCUT2D eigenvalue weighted by Gasteiger charge is -2.18. The summed E-state index contributed by atoms with van der Waals surface area (Å²) in [6.07, 6.45) is 3.35. The van der Waals surface area contributed by atoms with Crippen molar-refractivity contribution in [2.24, 2.45) is 5.73 Å². The van der Waals surface area contributed by atoms with Crippen molar-refractivity contribution in [3.8, 4) is 5.75 Å². The minimum absolute atomic E-state index is 0.213. The molecule has 0 saturated carbocycles. The van der Waals surface area contributed by atoms with Gasteiger partial charge in [-0.2, -0.15) is 0 Å². The molecule has 0 heterocycles. The number of nitrogens with one attached hydrogen (secondary N) is 1. The molecule has 25 heavy (non-hydrogen) atoms. The van der Waals surface area contributed by atoms with E-state index in [0.717, 1.165) is 18.6 Å². The molecule has 5 heteroatoms. The first-order valence-electron chi connectivity index (χ1n) is 8.56. The van der Waals surface area contributed by atoms with Crippen LogP contribution in [0.25, 0.3) is 0 Å². The SMILES string of the molecule is CC[C@@H](Oc1ccc2c(c1)CCC2)C(=O)Nc1ccc(C(N)=O)cc1. The Bertz CT molecular complexity index is 784. The predicted molar refractivity (Wildman–Crippen MR) is 96.8 cm³/mol. The van der Waals surface area contributed by atoms with Gasteiger partial charge in [-0.1, -0.05) is 13.0 Å². The molecule has 130 valence electrons. The van der Waals surface area contributed by atoms with Crippen LogP contribution >= 0.6 is 0 Å². The first-order chi connectivity index (χ1) is 12.1. The second-order valence-electron chi connectivity index (χ2n) is 6.23. The van der Waals surface area contributed by atoms with Gasteiger partial charge in [-0.3, -0.25) is 9.59 Å². The largest absolute Gasteiger partial charge is 0.481 e. The number of primary amides is 1. The molecular weight excluding hydrogens is 316 g/mol. The number of benzene rings is 2. The Labute approximate surface area is 147 Å². The number of hydrogen-bond acceptors (Lipinski definition) is 3. The summed E-state index contributed by atoms with van der Waals surface area (Å²) in [6.45, 7) is 1.91. The van der Waals surface area contributed by atoms with Crippen LogP contribution in [0.4, 0.5) is 5.69 Å².